The summed E-state index contributed by atoms with van der Waals surface area (Å²) >= 11 is 0. The Kier molecular flexibility index (Phi) is 6.25. The number of carbonyl (C=O) groups is 3. The van der Waals surface area contributed by atoms with E-state index in [2.05, 4.69) is 0 Å². The number of amides is 2. The summed E-state index contributed by atoms with van der Waals surface area (Å²) in [5, 5.41) is 19.0. The van der Waals surface area contributed by atoms with Gasteiger partial charge in [0.15, 0.2) is 17.3 Å². The second-order valence-electron chi connectivity index (χ2n) is 8.39. The zero-order chi connectivity index (χ0) is 23.6. The number of hydrogen-bond donors (Lipinski definition) is 2. The molecule has 8 heteroatoms. The Morgan fingerprint density at radius 1 is 1.09 bits per heavy atom. The average molecular weight is 439 g/mol. The maximum atomic E-state index is 13.2. The number of rotatable bonds is 4. The first-order valence-corrected chi connectivity index (χ1v) is 9.98. The number of aromatic hydroxyl groups is 2. The highest BCUT2D eigenvalue weighted by Crippen LogP contribution is 2.35. The van der Waals surface area contributed by atoms with Crippen molar-refractivity contribution in [2.45, 2.75) is 32.8 Å². The van der Waals surface area contributed by atoms with E-state index in [-0.39, 0.29) is 17.9 Å². The van der Waals surface area contributed by atoms with Crippen molar-refractivity contribution in [1.82, 2.24) is 0 Å². The van der Waals surface area contributed by atoms with Gasteiger partial charge in [0, 0.05) is 0 Å². The Morgan fingerprint density at radius 2 is 1.81 bits per heavy atom. The molecule has 0 fully saturated rings. The molecule has 0 bridgehead atoms. The number of hydrogen-bond acceptors (Lipinski definition) is 7. The predicted molar refractivity (Wildman–Crippen MR) is 118 cm³/mol. The molecule has 1 atom stereocenters. The van der Waals surface area contributed by atoms with Crippen LogP contribution in [0.5, 0.6) is 17.2 Å². The molecule has 0 saturated heterocycles. The fourth-order valence-electron chi connectivity index (χ4n) is 3.31. The summed E-state index contributed by atoms with van der Waals surface area (Å²) in [7, 11) is 1.50. The lowest BCUT2D eigenvalue weighted by atomic mass is 9.88. The third kappa shape index (κ3) is 4.91. The van der Waals surface area contributed by atoms with Gasteiger partial charge in [-0.1, -0.05) is 12.1 Å². The number of phenols is 2. The number of anilines is 1. The molecule has 8 nitrogen and oxygen atoms in total. The van der Waals surface area contributed by atoms with E-state index in [1.807, 2.05) is 0 Å². The largest absolute Gasteiger partial charge is 0.504 e. The average Bonchev–Trinajstić information content (AvgIpc) is 2.72. The van der Waals surface area contributed by atoms with Gasteiger partial charge in [0.1, 0.15) is 17.3 Å². The van der Waals surface area contributed by atoms with Gasteiger partial charge in [-0.25, -0.2) is 9.69 Å². The van der Waals surface area contributed by atoms with Crippen molar-refractivity contribution in [3.05, 3.63) is 53.6 Å². The van der Waals surface area contributed by atoms with Crippen LogP contribution in [0.15, 0.2) is 42.5 Å². The minimum atomic E-state index is -1.14. The number of fused-ring (bicyclic) bond motifs is 1. The van der Waals surface area contributed by atoms with Crippen molar-refractivity contribution < 1.29 is 34.1 Å². The fraction of sp³-hybridized carbons (Fsp3) is 0.292. The Labute approximate surface area is 185 Å². The highest BCUT2D eigenvalue weighted by molar-refractivity contribution is 6.22. The lowest BCUT2D eigenvalue weighted by Crippen LogP contribution is -2.49. The van der Waals surface area contributed by atoms with Crippen molar-refractivity contribution in [3.8, 4) is 17.2 Å². The number of allylic oxidation sites excluding steroid dienone is 1. The van der Waals surface area contributed by atoms with E-state index in [0.29, 0.717) is 22.6 Å². The van der Waals surface area contributed by atoms with Gasteiger partial charge in [-0.05, 0) is 74.7 Å². The molecule has 2 N–H and O–H groups in total. The highest BCUT2D eigenvalue weighted by Gasteiger charge is 2.41. The molecule has 1 aliphatic rings. The first-order chi connectivity index (χ1) is 15.0. The monoisotopic (exact) mass is 439 g/mol. The predicted octanol–water partition coefficient (Wildman–Crippen LogP) is 3.83. The van der Waals surface area contributed by atoms with Gasteiger partial charge in [-0.2, -0.15) is 0 Å². The topological polar surface area (TPSA) is 113 Å². The maximum absolute atomic E-state index is 13.2. The van der Waals surface area contributed by atoms with Crippen molar-refractivity contribution in [3.63, 3.8) is 0 Å². The van der Waals surface area contributed by atoms with Crippen LogP contribution in [0.1, 0.15) is 31.9 Å². The second-order valence-corrected chi connectivity index (χ2v) is 8.39. The number of phenolic OH excluding ortho intramolecular Hbond substituents is 2. The maximum Gasteiger partial charge on any atom is 0.421 e. The number of benzene rings is 2. The second kappa shape index (κ2) is 8.74. The molecular weight excluding hydrogens is 414 g/mol. The Hall–Kier alpha value is -3.81. The molecule has 0 saturated carbocycles. The van der Waals surface area contributed by atoms with E-state index >= 15 is 0 Å². The normalized spacial score (nSPS) is 16.1. The molecule has 1 aliphatic heterocycles. The number of carbonyl (C=O) groups excluding carboxylic acids is 3. The van der Waals surface area contributed by atoms with E-state index < -0.39 is 29.3 Å². The van der Waals surface area contributed by atoms with Gasteiger partial charge in [0.05, 0.1) is 12.8 Å². The van der Waals surface area contributed by atoms with Crippen LogP contribution in [0.25, 0.3) is 6.08 Å². The summed E-state index contributed by atoms with van der Waals surface area (Å²) in [6.45, 7) is 5.06. The van der Waals surface area contributed by atoms with Crippen molar-refractivity contribution in [2.24, 2.45) is 5.92 Å². The third-order valence-corrected chi connectivity index (χ3v) is 4.83. The number of methoxy groups -OCH3 is 1. The first kappa shape index (κ1) is 22.9. The third-order valence-electron chi connectivity index (χ3n) is 4.83. The van der Waals surface area contributed by atoms with Gasteiger partial charge in [0.2, 0.25) is 5.91 Å². The van der Waals surface area contributed by atoms with E-state index in [4.69, 9.17) is 9.47 Å². The van der Waals surface area contributed by atoms with E-state index in [1.54, 1.807) is 39.0 Å². The van der Waals surface area contributed by atoms with Crippen LogP contribution >= 0.6 is 0 Å². The molecule has 0 spiro atoms. The number of ketones is 1. The van der Waals surface area contributed by atoms with Crippen LogP contribution in [0.3, 0.4) is 0 Å². The van der Waals surface area contributed by atoms with Crippen molar-refractivity contribution in [2.75, 3.05) is 12.0 Å². The van der Waals surface area contributed by atoms with Crippen LogP contribution in [0, 0.1) is 5.92 Å². The highest BCUT2D eigenvalue weighted by atomic mass is 16.6. The van der Waals surface area contributed by atoms with Crippen LogP contribution in [-0.4, -0.2) is 40.7 Å². The number of nitrogens with zero attached hydrogens (tertiary/aromatic N) is 1. The van der Waals surface area contributed by atoms with Crippen LogP contribution in [0.2, 0.25) is 0 Å². The standard InChI is InChI=1S/C24H25NO7/c1-24(2,3)32-23(30)25-18-8-7-16(31-4)12-15(18)13-17(22(25)29)19(26)9-5-14-6-10-20(27)21(28)11-14/h5-12,17,27-28H,13H2,1-4H3. The zero-order valence-electron chi connectivity index (χ0n) is 18.3. The molecule has 0 aliphatic carbocycles. The zero-order valence-corrected chi connectivity index (χ0v) is 18.3. The summed E-state index contributed by atoms with van der Waals surface area (Å²) < 4.78 is 10.6. The van der Waals surface area contributed by atoms with E-state index in [0.717, 1.165) is 4.90 Å². The number of ether oxygens (including phenoxy) is 2. The fourth-order valence-corrected chi connectivity index (χ4v) is 3.31. The van der Waals surface area contributed by atoms with Gasteiger partial charge in [-0.3, -0.25) is 9.59 Å². The smallest absolute Gasteiger partial charge is 0.421 e. The van der Waals surface area contributed by atoms with E-state index in [1.165, 1.54) is 37.5 Å². The van der Waals surface area contributed by atoms with Crippen LogP contribution in [0.4, 0.5) is 10.5 Å². The van der Waals surface area contributed by atoms with Gasteiger partial charge < -0.3 is 19.7 Å². The van der Waals surface area contributed by atoms with Gasteiger partial charge in [-0.15, -0.1) is 0 Å². The quantitative estimate of drug-likeness (QED) is 0.423. The Morgan fingerprint density at radius 3 is 2.44 bits per heavy atom. The molecule has 168 valence electrons. The van der Waals surface area contributed by atoms with Crippen molar-refractivity contribution >= 4 is 29.5 Å². The molecule has 2 aromatic rings. The Balaban J connectivity index is 1.94. The van der Waals surface area contributed by atoms with Crippen LogP contribution in [-0.2, 0) is 20.7 Å². The molecule has 3 rings (SSSR count). The molecule has 2 amide bonds. The van der Waals surface area contributed by atoms with Crippen LogP contribution < -0.4 is 9.64 Å². The molecular formula is C24H25NO7. The summed E-state index contributed by atoms with van der Waals surface area (Å²) in [6.07, 6.45) is 1.87. The number of imide groups is 1. The SMILES string of the molecule is COc1ccc2c(c1)CC(C(=O)C=Cc1ccc(O)c(O)c1)C(=O)N2C(=O)OC(C)(C)C. The van der Waals surface area contributed by atoms with Gasteiger partial charge >= 0.3 is 6.09 Å². The molecule has 2 aromatic carbocycles. The lowest BCUT2D eigenvalue weighted by Gasteiger charge is -2.33. The minimum absolute atomic E-state index is 0.0919. The molecule has 32 heavy (non-hydrogen) atoms. The molecule has 0 radical (unpaired) electrons. The minimum Gasteiger partial charge on any atom is -0.504 e. The summed E-state index contributed by atoms with van der Waals surface area (Å²) in [4.78, 5) is 39.8. The molecule has 1 unspecified atom stereocenters. The molecule has 1 heterocycles. The Bertz CT molecular complexity index is 1100. The van der Waals surface area contributed by atoms with Crippen molar-refractivity contribution in [1.29, 1.82) is 0 Å². The summed E-state index contributed by atoms with van der Waals surface area (Å²) in [5.74, 6) is -2.41. The van der Waals surface area contributed by atoms with Gasteiger partial charge in [0.25, 0.3) is 0 Å². The summed E-state index contributed by atoms with van der Waals surface area (Å²) in [6, 6.07) is 8.98. The van der Waals surface area contributed by atoms with E-state index in [9.17, 15) is 24.6 Å². The first-order valence-electron chi connectivity index (χ1n) is 9.98. The lowest BCUT2D eigenvalue weighted by molar-refractivity contribution is -0.130. The summed E-state index contributed by atoms with van der Waals surface area (Å²) in [5.41, 5.74) is 0.579. The molecule has 0 aromatic heterocycles.